The summed E-state index contributed by atoms with van der Waals surface area (Å²) in [6.07, 6.45) is 8.31. The van der Waals surface area contributed by atoms with Crippen molar-refractivity contribution in [3.63, 3.8) is 0 Å². The maximum absolute atomic E-state index is 5.88. The van der Waals surface area contributed by atoms with Crippen molar-refractivity contribution in [3.8, 4) is 0 Å². The molecule has 1 saturated carbocycles. The molecule has 2 N–H and O–H groups in total. The van der Waals surface area contributed by atoms with Crippen LogP contribution >= 0.6 is 11.3 Å². The van der Waals surface area contributed by atoms with Gasteiger partial charge in [-0.25, -0.2) is 4.98 Å². The third-order valence-corrected chi connectivity index (χ3v) is 5.95. The number of nitrogens with zero attached hydrogens (tertiary/aromatic N) is 2. The lowest BCUT2D eigenvalue weighted by molar-refractivity contribution is 0.244. The van der Waals surface area contributed by atoms with Gasteiger partial charge in [0.05, 0.1) is 10.2 Å². The molecule has 2 fully saturated rings. The molecule has 2 aromatic rings. The Hall–Kier alpha value is -1.29. The van der Waals surface area contributed by atoms with Gasteiger partial charge in [-0.05, 0) is 49.8 Å². The normalized spacial score (nSPS) is 26.7. The standard InChI is InChI=1S/C16H21N3S/c17-12-7-8-13-15(10-12)20-16(18-13)19-9-3-5-11-4-1-2-6-14(11)19/h7-8,10-11,14H,1-6,9,17H2/t11-,14-/m1/s1. The molecule has 2 aliphatic rings. The van der Waals surface area contributed by atoms with Crippen LogP contribution in [0.5, 0.6) is 0 Å². The summed E-state index contributed by atoms with van der Waals surface area (Å²) in [4.78, 5) is 7.45. The molecule has 4 rings (SSSR count). The molecular formula is C16H21N3S. The van der Waals surface area contributed by atoms with Crippen molar-refractivity contribution in [2.45, 2.75) is 44.6 Å². The van der Waals surface area contributed by atoms with E-state index in [0.29, 0.717) is 0 Å². The Bertz CT molecular complexity index is 619. The highest BCUT2D eigenvalue weighted by molar-refractivity contribution is 7.22. The second-order valence-corrected chi connectivity index (χ2v) is 7.18. The zero-order chi connectivity index (χ0) is 13.5. The maximum Gasteiger partial charge on any atom is 0.186 e. The largest absolute Gasteiger partial charge is 0.399 e. The Morgan fingerprint density at radius 3 is 2.95 bits per heavy atom. The minimum Gasteiger partial charge on any atom is -0.399 e. The van der Waals surface area contributed by atoms with Gasteiger partial charge in [-0.1, -0.05) is 24.2 Å². The fourth-order valence-electron chi connectivity index (χ4n) is 3.91. The molecule has 106 valence electrons. The van der Waals surface area contributed by atoms with E-state index in [4.69, 9.17) is 10.7 Å². The molecule has 2 atom stereocenters. The smallest absolute Gasteiger partial charge is 0.186 e. The van der Waals surface area contributed by atoms with Gasteiger partial charge < -0.3 is 10.6 Å². The number of nitrogen functional groups attached to an aromatic ring is 1. The summed E-state index contributed by atoms with van der Waals surface area (Å²) in [5.41, 5.74) is 7.81. The van der Waals surface area contributed by atoms with Crippen molar-refractivity contribution in [2.24, 2.45) is 5.92 Å². The maximum atomic E-state index is 5.88. The Morgan fingerprint density at radius 2 is 2.00 bits per heavy atom. The first-order chi connectivity index (χ1) is 9.81. The van der Waals surface area contributed by atoms with E-state index < -0.39 is 0 Å². The molecule has 0 spiro atoms. The van der Waals surface area contributed by atoms with Crippen molar-refractivity contribution in [3.05, 3.63) is 18.2 Å². The van der Waals surface area contributed by atoms with Gasteiger partial charge >= 0.3 is 0 Å². The van der Waals surface area contributed by atoms with Crippen molar-refractivity contribution in [2.75, 3.05) is 17.2 Å². The van der Waals surface area contributed by atoms with Gasteiger partial charge in [-0.15, -0.1) is 0 Å². The predicted molar refractivity (Wildman–Crippen MR) is 86.4 cm³/mol. The van der Waals surface area contributed by atoms with Crippen LogP contribution in [-0.4, -0.2) is 17.6 Å². The number of aromatic nitrogens is 1. The second kappa shape index (κ2) is 4.92. The van der Waals surface area contributed by atoms with Gasteiger partial charge in [0.15, 0.2) is 5.13 Å². The molecule has 1 aromatic carbocycles. The fraction of sp³-hybridized carbons (Fsp3) is 0.562. The quantitative estimate of drug-likeness (QED) is 0.805. The topological polar surface area (TPSA) is 42.1 Å². The number of piperidine rings is 1. The van der Waals surface area contributed by atoms with Crippen LogP contribution in [-0.2, 0) is 0 Å². The average Bonchev–Trinajstić information content (AvgIpc) is 2.89. The number of benzene rings is 1. The molecule has 1 aromatic heterocycles. The monoisotopic (exact) mass is 287 g/mol. The van der Waals surface area contributed by atoms with Crippen LogP contribution in [0.2, 0.25) is 0 Å². The van der Waals surface area contributed by atoms with Gasteiger partial charge in [0.25, 0.3) is 0 Å². The molecule has 0 amide bonds. The summed E-state index contributed by atoms with van der Waals surface area (Å²) < 4.78 is 1.22. The van der Waals surface area contributed by atoms with E-state index in [1.807, 2.05) is 23.5 Å². The molecule has 0 bridgehead atoms. The third kappa shape index (κ3) is 2.06. The van der Waals surface area contributed by atoms with Crippen LogP contribution in [0, 0.1) is 5.92 Å². The van der Waals surface area contributed by atoms with E-state index in [1.54, 1.807) is 0 Å². The highest BCUT2D eigenvalue weighted by Gasteiger charge is 2.34. The van der Waals surface area contributed by atoms with Crippen LogP contribution < -0.4 is 10.6 Å². The second-order valence-electron chi connectivity index (χ2n) is 6.17. The molecule has 1 aliphatic heterocycles. The van der Waals surface area contributed by atoms with E-state index in [0.717, 1.165) is 23.2 Å². The Morgan fingerprint density at radius 1 is 1.15 bits per heavy atom. The SMILES string of the molecule is Nc1ccc2nc(N3CCC[C@H]4CCCC[C@H]43)sc2c1. The van der Waals surface area contributed by atoms with Crippen molar-refractivity contribution >= 4 is 32.4 Å². The lowest BCUT2D eigenvalue weighted by Gasteiger charge is -2.44. The molecule has 4 heteroatoms. The highest BCUT2D eigenvalue weighted by Crippen LogP contribution is 2.40. The van der Waals surface area contributed by atoms with Gasteiger partial charge in [-0.2, -0.15) is 0 Å². The van der Waals surface area contributed by atoms with Crippen LogP contribution in [0.1, 0.15) is 38.5 Å². The molecule has 0 radical (unpaired) electrons. The van der Waals surface area contributed by atoms with Crippen LogP contribution in [0.4, 0.5) is 10.8 Å². The van der Waals surface area contributed by atoms with Gasteiger partial charge in [0, 0.05) is 18.3 Å². The molecule has 1 saturated heterocycles. The van der Waals surface area contributed by atoms with Gasteiger partial charge in [-0.3, -0.25) is 0 Å². The van der Waals surface area contributed by atoms with E-state index in [-0.39, 0.29) is 0 Å². The van der Waals surface area contributed by atoms with E-state index in [1.165, 1.54) is 54.9 Å². The lowest BCUT2D eigenvalue weighted by atomic mass is 9.78. The van der Waals surface area contributed by atoms with Crippen LogP contribution in [0.15, 0.2) is 18.2 Å². The van der Waals surface area contributed by atoms with E-state index >= 15 is 0 Å². The molecule has 3 nitrogen and oxygen atoms in total. The Kier molecular flexibility index (Phi) is 3.06. The first-order valence-electron chi connectivity index (χ1n) is 7.74. The first-order valence-corrected chi connectivity index (χ1v) is 8.55. The summed E-state index contributed by atoms with van der Waals surface area (Å²) in [5, 5.41) is 1.21. The van der Waals surface area contributed by atoms with E-state index in [2.05, 4.69) is 11.0 Å². The summed E-state index contributed by atoms with van der Waals surface area (Å²) >= 11 is 1.81. The Balaban J connectivity index is 1.69. The number of anilines is 2. The number of thiazole rings is 1. The zero-order valence-electron chi connectivity index (χ0n) is 11.7. The summed E-state index contributed by atoms with van der Waals surface area (Å²) in [5.74, 6) is 0.898. The van der Waals surface area contributed by atoms with Crippen molar-refractivity contribution < 1.29 is 0 Å². The van der Waals surface area contributed by atoms with Gasteiger partial charge in [0.2, 0.25) is 0 Å². The minimum atomic E-state index is 0.732. The highest BCUT2D eigenvalue weighted by atomic mass is 32.1. The van der Waals surface area contributed by atoms with Crippen molar-refractivity contribution in [1.29, 1.82) is 0 Å². The average molecular weight is 287 g/mol. The Labute approximate surface area is 123 Å². The van der Waals surface area contributed by atoms with Gasteiger partial charge in [0.1, 0.15) is 0 Å². The molecule has 20 heavy (non-hydrogen) atoms. The predicted octanol–water partition coefficient (Wildman–Crippen LogP) is 4.04. The van der Waals surface area contributed by atoms with Crippen molar-refractivity contribution in [1.82, 2.24) is 4.98 Å². The lowest BCUT2D eigenvalue weighted by Crippen LogP contribution is -2.46. The minimum absolute atomic E-state index is 0.732. The van der Waals surface area contributed by atoms with E-state index in [9.17, 15) is 0 Å². The molecular weight excluding hydrogens is 266 g/mol. The number of nitrogens with two attached hydrogens (primary N) is 1. The first kappa shape index (κ1) is 12.5. The summed E-state index contributed by atoms with van der Waals surface area (Å²) in [7, 11) is 0. The number of fused-ring (bicyclic) bond motifs is 2. The number of rotatable bonds is 1. The number of hydrogen-bond acceptors (Lipinski definition) is 4. The molecule has 0 unspecified atom stereocenters. The summed E-state index contributed by atoms with van der Waals surface area (Å²) in [6, 6.07) is 6.78. The third-order valence-electron chi connectivity index (χ3n) is 4.89. The molecule has 1 aliphatic carbocycles. The van der Waals surface area contributed by atoms with Crippen LogP contribution in [0.25, 0.3) is 10.2 Å². The fourth-order valence-corrected chi connectivity index (χ4v) is 5.01. The van der Waals surface area contributed by atoms with Crippen LogP contribution in [0.3, 0.4) is 0 Å². The molecule has 2 heterocycles. The zero-order valence-corrected chi connectivity index (χ0v) is 12.5. The number of hydrogen-bond donors (Lipinski definition) is 1. The summed E-state index contributed by atoms with van der Waals surface area (Å²) in [6.45, 7) is 1.18.